The van der Waals surface area contributed by atoms with Gasteiger partial charge in [-0.2, -0.15) is 0 Å². The Bertz CT molecular complexity index is 664. The van der Waals surface area contributed by atoms with Crippen LogP contribution in [0.25, 0.3) is 0 Å². The quantitative estimate of drug-likeness (QED) is 0.899. The summed E-state index contributed by atoms with van der Waals surface area (Å²) < 4.78 is 26.9. The Labute approximate surface area is 113 Å². The van der Waals surface area contributed by atoms with Crippen LogP contribution in [-0.2, 0) is 16.6 Å². The smallest absolute Gasteiger partial charge is 0.261 e. The molecule has 0 fully saturated rings. The Kier molecular flexibility index (Phi) is 3.87. The summed E-state index contributed by atoms with van der Waals surface area (Å²) in [4.78, 5) is 0.260. The SMILES string of the molecule is Cc1cccc(S(=O)(=O)Nc2ccc(CN)cc2)c1. The molecule has 0 unspecified atom stereocenters. The minimum absolute atomic E-state index is 0.260. The Morgan fingerprint density at radius 2 is 1.79 bits per heavy atom. The highest BCUT2D eigenvalue weighted by molar-refractivity contribution is 7.92. The molecule has 0 aliphatic carbocycles. The van der Waals surface area contributed by atoms with Crippen molar-refractivity contribution in [2.45, 2.75) is 18.4 Å². The number of benzene rings is 2. The maximum Gasteiger partial charge on any atom is 0.261 e. The summed E-state index contributed by atoms with van der Waals surface area (Å²) >= 11 is 0. The number of sulfonamides is 1. The van der Waals surface area contributed by atoms with Gasteiger partial charge in [-0.3, -0.25) is 4.72 Å². The van der Waals surface area contributed by atoms with Gasteiger partial charge in [0.1, 0.15) is 0 Å². The zero-order valence-corrected chi connectivity index (χ0v) is 11.4. The van der Waals surface area contributed by atoms with E-state index in [2.05, 4.69) is 4.72 Å². The van der Waals surface area contributed by atoms with Crippen molar-refractivity contribution in [2.24, 2.45) is 5.73 Å². The average Bonchev–Trinajstić information content (AvgIpc) is 2.39. The fourth-order valence-electron chi connectivity index (χ4n) is 1.71. The molecule has 0 aliphatic rings. The Hall–Kier alpha value is -1.85. The second kappa shape index (κ2) is 5.42. The Morgan fingerprint density at radius 3 is 2.37 bits per heavy atom. The van der Waals surface area contributed by atoms with Crippen molar-refractivity contribution in [3.05, 3.63) is 59.7 Å². The van der Waals surface area contributed by atoms with E-state index in [9.17, 15) is 8.42 Å². The molecule has 0 saturated heterocycles. The monoisotopic (exact) mass is 276 g/mol. The van der Waals surface area contributed by atoms with E-state index in [0.717, 1.165) is 11.1 Å². The zero-order chi connectivity index (χ0) is 13.9. The van der Waals surface area contributed by atoms with Gasteiger partial charge in [-0.25, -0.2) is 8.42 Å². The molecule has 0 heterocycles. The molecule has 0 radical (unpaired) electrons. The molecule has 19 heavy (non-hydrogen) atoms. The van der Waals surface area contributed by atoms with E-state index in [4.69, 9.17) is 5.73 Å². The molecular formula is C14H16N2O2S. The molecule has 2 aromatic carbocycles. The van der Waals surface area contributed by atoms with Gasteiger partial charge >= 0.3 is 0 Å². The fraction of sp³-hybridized carbons (Fsp3) is 0.143. The van der Waals surface area contributed by atoms with Crippen LogP contribution < -0.4 is 10.5 Å². The van der Waals surface area contributed by atoms with Gasteiger partial charge in [-0.15, -0.1) is 0 Å². The fourth-order valence-corrected chi connectivity index (χ4v) is 2.87. The van der Waals surface area contributed by atoms with Crippen LogP contribution in [0.2, 0.25) is 0 Å². The van der Waals surface area contributed by atoms with Crippen LogP contribution in [0.5, 0.6) is 0 Å². The van der Waals surface area contributed by atoms with Crippen molar-refractivity contribution in [3.8, 4) is 0 Å². The zero-order valence-electron chi connectivity index (χ0n) is 10.6. The summed E-state index contributed by atoms with van der Waals surface area (Å²) in [5.74, 6) is 0. The third-order valence-electron chi connectivity index (χ3n) is 2.74. The van der Waals surface area contributed by atoms with Crippen LogP contribution in [0.3, 0.4) is 0 Å². The number of aryl methyl sites for hydroxylation is 1. The molecule has 0 aromatic heterocycles. The van der Waals surface area contributed by atoms with Crippen LogP contribution in [0.4, 0.5) is 5.69 Å². The molecule has 3 N–H and O–H groups in total. The number of hydrogen-bond donors (Lipinski definition) is 2. The molecular weight excluding hydrogens is 260 g/mol. The third-order valence-corrected chi connectivity index (χ3v) is 4.12. The summed E-state index contributed by atoms with van der Waals surface area (Å²) in [5, 5.41) is 0. The normalized spacial score (nSPS) is 11.3. The topological polar surface area (TPSA) is 72.2 Å². The van der Waals surface area contributed by atoms with E-state index < -0.39 is 10.0 Å². The first kappa shape index (κ1) is 13.6. The molecule has 0 saturated carbocycles. The maximum atomic E-state index is 12.2. The number of nitrogens with two attached hydrogens (primary N) is 1. The maximum absolute atomic E-state index is 12.2. The van der Waals surface area contributed by atoms with Crippen molar-refractivity contribution in [3.63, 3.8) is 0 Å². The minimum atomic E-state index is -3.54. The molecule has 0 bridgehead atoms. The van der Waals surface area contributed by atoms with E-state index in [0.29, 0.717) is 12.2 Å². The highest BCUT2D eigenvalue weighted by Gasteiger charge is 2.13. The van der Waals surface area contributed by atoms with Gasteiger partial charge in [0, 0.05) is 12.2 Å². The molecule has 2 aromatic rings. The van der Waals surface area contributed by atoms with Crippen molar-refractivity contribution >= 4 is 15.7 Å². The van der Waals surface area contributed by atoms with E-state index in [1.54, 1.807) is 42.5 Å². The number of rotatable bonds is 4. The summed E-state index contributed by atoms with van der Waals surface area (Å²) in [5.41, 5.74) is 7.88. The van der Waals surface area contributed by atoms with Gasteiger partial charge in [0.05, 0.1) is 4.90 Å². The van der Waals surface area contributed by atoms with Gasteiger partial charge in [-0.1, -0.05) is 24.3 Å². The molecule has 100 valence electrons. The van der Waals surface area contributed by atoms with Crippen molar-refractivity contribution < 1.29 is 8.42 Å². The van der Waals surface area contributed by atoms with E-state index in [1.807, 2.05) is 13.0 Å². The summed E-state index contributed by atoms with van der Waals surface area (Å²) in [6.45, 7) is 2.29. The van der Waals surface area contributed by atoms with Crippen molar-refractivity contribution in [1.82, 2.24) is 0 Å². The van der Waals surface area contributed by atoms with Crippen molar-refractivity contribution in [2.75, 3.05) is 4.72 Å². The Morgan fingerprint density at radius 1 is 1.11 bits per heavy atom. The predicted octanol–water partition coefficient (Wildman–Crippen LogP) is 2.25. The van der Waals surface area contributed by atoms with Crippen LogP contribution in [0.1, 0.15) is 11.1 Å². The van der Waals surface area contributed by atoms with Crippen LogP contribution >= 0.6 is 0 Å². The largest absolute Gasteiger partial charge is 0.326 e. The van der Waals surface area contributed by atoms with E-state index in [1.165, 1.54) is 0 Å². The lowest BCUT2D eigenvalue weighted by molar-refractivity contribution is 0.601. The van der Waals surface area contributed by atoms with Crippen LogP contribution in [0.15, 0.2) is 53.4 Å². The molecule has 0 aliphatic heterocycles. The highest BCUT2D eigenvalue weighted by Crippen LogP contribution is 2.17. The van der Waals surface area contributed by atoms with Crippen LogP contribution in [-0.4, -0.2) is 8.42 Å². The van der Waals surface area contributed by atoms with Gasteiger partial charge in [0.15, 0.2) is 0 Å². The standard InChI is InChI=1S/C14H16N2O2S/c1-11-3-2-4-14(9-11)19(17,18)16-13-7-5-12(10-15)6-8-13/h2-9,16H,10,15H2,1H3. The lowest BCUT2D eigenvalue weighted by Crippen LogP contribution is -2.13. The molecule has 0 amide bonds. The predicted molar refractivity (Wildman–Crippen MR) is 76.3 cm³/mol. The number of hydrogen-bond acceptors (Lipinski definition) is 3. The van der Waals surface area contributed by atoms with Crippen LogP contribution in [0, 0.1) is 6.92 Å². The first-order valence-electron chi connectivity index (χ1n) is 5.90. The highest BCUT2D eigenvalue weighted by atomic mass is 32.2. The summed E-state index contributed by atoms with van der Waals surface area (Å²) in [7, 11) is -3.54. The molecule has 0 atom stereocenters. The van der Waals surface area contributed by atoms with E-state index >= 15 is 0 Å². The van der Waals surface area contributed by atoms with Gasteiger partial charge in [0.2, 0.25) is 0 Å². The minimum Gasteiger partial charge on any atom is -0.326 e. The first-order valence-corrected chi connectivity index (χ1v) is 7.38. The summed E-state index contributed by atoms with van der Waals surface area (Å²) in [6, 6.07) is 13.8. The second-order valence-electron chi connectivity index (χ2n) is 4.32. The molecule has 2 rings (SSSR count). The van der Waals surface area contributed by atoms with Crippen molar-refractivity contribution in [1.29, 1.82) is 0 Å². The number of nitrogens with one attached hydrogen (secondary N) is 1. The molecule has 0 spiro atoms. The average molecular weight is 276 g/mol. The number of anilines is 1. The van der Waals surface area contributed by atoms with Gasteiger partial charge in [0.25, 0.3) is 10.0 Å². The summed E-state index contributed by atoms with van der Waals surface area (Å²) in [6.07, 6.45) is 0. The van der Waals surface area contributed by atoms with E-state index in [-0.39, 0.29) is 4.90 Å². The molecule has 5 heteroatoms. The second-order valence-corrected chi connectivity index (χ2v) is 6.01. The molecule has 4 nitrogen and oxygen atoms in total. The first-order chi connectivity index (χ1) is 9.01. The van der Waals surface area contributed by atoms with Gasteiger partial charge in [-0.05, 0) is 42.3 Å². The third kappa shape index (κ3) is 3.33. The lowest BCUT2D eigenvalue weighted by atomic mass is 10.2. The van der Waals surface area contributed by atoms with Gasteiger partial charge < -0.3 is 5.73 Å². The lowest BCUT2D eigenvalue weighted by Gasteiger charge is -2.09. The Balaban J connectivity index is 2.25.